The van der Waals surface area contributed by atoms with Crippen molar-refractivity contribution >= 4 is 16.7 Å². The summed E-state index contributed by atoms with van der Waals surface area (Å²) >= 11 is 0. The maximum absolute atomic E-state index is 13.8. The molecule has 0 amide bonds. The van der Waals surface area contributed by atoms with Gasteiger partial charge in [0.25, 0.3) is 0 Å². The Morgan fingerprint density at radius 3 is 1.86 bits per heavy atom. The molecule has 0 saturated heterocycles. The van der Waals surface area contributed by atoms with Gasteiger partial charge in [-0.1, -0.05) is 129 Å². The highest BCUT2D eigenvalue weighted by Gasteiger charge is 2.57. The Morgan fingerprint density at radius 2 is 1.25 bits per heavy atom. The number of fused-ring (bicyclic) bond motifs is 2. The maximum Gasteiger partial charge on any atom is 0.312 e. The summed E-state index contributed by atoms with van der Waals surface area (Å²) in [5.74, 6) is 2.26. The van der Waals surface area contributed by atoms with Gasteiger partial charge in [0.2, 0.25) is 0 Å². The van der Waals surface area contributed by atoms with E-state index in [9.17, 15) is 4.79 Å². The van der Waals surface area contributed by atoms with Gasteiger partial charge in [0.15, 0.2) is 0 Å². The first kappa shape index (κ1) is 34.6. The van der Waals surface area contributed by atoms with Gasteiger partial charge in [-0.3, -0.25) is 4.79 Å². The average molecular weight is 679 g/mol. The van der Waals surface area contributed by atoms with E-state index in [1.54, 1.807) is 0 Å². The van der Waals surface area contributed by atoms with E-state index in [1.807, 2.05) is 78.9 Å². The van der Waals surface area contributed by atoms with E-state index in [1.165, 1.54) is 11.1 Å². The Balaban J connectivity index is 1.11. The maximum atomic E-state index is 13.8. The third kappa shape index (κ3) is 7.47. The quantitative estimate of drug-likeness (QED) is 0.0973. The molecule has 0 spiro atoms. The zero-order valence-corrected chi connectivity index (χ0v) is 30.1. The van der Waals surface area contributed by atoms with Gasteiger partial charge in [0.1, 0.15) is 31.3 Å². The summed E-state index contributed by atoms with van der Waals surface area (Å²) in [6.45, 7) is 10.6. The fourth-order valence-electron chi connectivity index (χ4n) is 9.14. The van der Waals surface area contributed by atoms with Crippen LogP contribution in [-0.2, 0) is 35.8 Å². The lowest BCUT2D eigenvalue weighted by atomic mass is 9.46. The summed E-state index contributed by atoms with van der Waals surface area (Å²) in [4.78, 5) is 13.8. The number of hydrogen-bond donors (Lipinski definition) is 0. The standard InChI is InChI=1S/C47H50O4/c1-34-20-27-44-46(2,28-13-29-47(44,3)45(48)51-33-38-18-11-6-12-19-38)41(34)24-22-35-21-23-39-40(30-35)43(50-32-37-16-9-5-10-17-37)26-25-42(39)49-31-36-14-7-4-8-15-36/h4-12,14-19,21,23,25-26,30,41,44H,1,13,20,22,24,27-29,31-33H2,2-3H3/t41-,44+,46+,47-/m0/s1. The van der Waals surface area contributed by atoms with Crippen molar-refractivity contribution in [2.45, 2.75) is 78.6 Å². The Kier molecular flexibility index (Phi) is 10.3. The summed E-state index contributed by atoms with van der Waals surface area (Å²) < 4.78 is 18.9. The van der Waals surface area contributed by atoms with Crippen LogP contribution in [0.5, 0.6) is 11.5 Å². The number of carbonyl (C=O) groups excluding carboxylic acids is 1. The van der Waals surface area contributed by atoms with Crippen LogP contribution in [0.4, 0.5) is 0 Å². The molecule has 2 saturated carbocycles. The number of esters is 1. The van der Waals surface area contributed by atoms with E-state index >= 15 is 0 Å². The molecular formula is C47H50O4. The summed E-state index contributed by atoms with van der Waals surface area (Å²) in [6.07, 6.45) is 6.89. The lowest BCUT2D eigenvalue weighted by Crippen LogP contribution is -2.53. The van der Waals surface area contributed by atoms with Gasteiger partial charge in [0.05, 0.1) is 5.41 Å². The number of hydrogen-bond acceptors (Lipinski definition) is 4. The van der Waals surface area contributed by atoms with Crippen molar-refractivity contribution < 1.29 is 19.0 Å². The molecule has 0 N–H and O–H groups in total. The van der Waals surface area contributed by atoms with Gasteiger partial charge in [0, 0.05) is 10.8 Å². The second kappa shape index (κ2) is 15.2. The second-order valence-corrected chi connectivity index (χ2v) is 15.2. The highest BCUT2D eigenvalue weighted by Crippen LogP contribution is 2.62. The van der Waals surface area contributed by atoms with Gasteiger partial charge in [-0.15, -0.1) is 0 Å². The average Bonchev–Trinajstić information content (AvgIpc) is 3.16. The van der Waals surface area contributed by atoms with Crippen LogP contribution < -0.4 is 9.47 Å². The zero-order valence-electron chi connectivity index (χ0n) is 30.1. The van der Waals surface area contributed by atoms with E-state index < -0.39 is 5.41 Å². The molecular weight excluding hydrogens is 629 g/mol. The van der Waals surface area contributed by atoms with Crippen LogP contribution in [0.3, 0.4) is 0 Å². The lowest BCUT2D eigenvalue weighted by molar-refractivity contribution is -0.172. The summed E-state index contributed by atoms with van der Waals surface area (Å²) in [7, 11) is 0. The normalized spacial score (nSPS) is 23.0. The smallest absolute Gasteiger partial charge is 0.312 e. The second-order valence-electron chi connectivity index (χ2n) is 15.2. The molecule has 0 heterocycles. The van der Waals surface area contributed by atoms with Crippen LogP contribution in [0, 0.1) is 22.7 Å². The van der Waals surface area contributed by atoms with Gasteiger partial charge >= 0.3 is 5.97 Å². The fraction of sp³-hybridized carbons (Fsp3) is 0.340. The fourth-order valence-corrected chi connectivity index (χ4v) is 9.14. The summed E-state index contributed by atoms with van der Waals surface area (Å²) in [5.41, 5.74) is 5.40. The zero-order chi connectivity index (χ0) is 35.3. The molecule has 51 heavy (non-hydrogen) atoms. The number of carbonyl (C=O) groups is 1. The Bertz CT molecular complexity index is 1950. The molecule has 5 aromatic carbocycles. The van der Waals surface area contributed by atoms with E-state index in [0.717, 1.165) is 83.9 Å². The molecule has 4 atom stereocenters. The topological polar surface area (TPSA) is 44.8 Å². The SMILES string of the molecule is C=C1CC[C@@H]2[C@](C)(CCC[C@]2(C)C(=O)OCc2ccccc2)[C@H]1CCc1ccc2c(OCc3ccccc3)ccc(OCc3ccccc3)c2c1. The molecule has 262 valence electrons. The number of benzene rings is 5. The molecule has 4 nitrogen and oxygen atoms in total. The molecule has 2 fully saturated rings. The minimum absolute atomic E-state index is 0.00660. The molecule has 2 aliphatic carbocycles. The van der Waals surface area contributed by atoms with Gasteiger partial charge < -0.3 is 14.2 Å². The van der Waals surface area contributed by atoms with Gasteiger partial charge in [-0.25, -0.2) is 0 Å². The molecule has 0 unspecified atom stereocenters. The van der Waals surface area contributed by atoms with Crippen LogP contribution in [0.2, 0.25) is 0 Å². The number of allylic oxidation sites excluding steroid dienone is 1. The molecule has 0 aromatic heterocycles. The third-order valence-corrected chi connectivity index (χ3v) is 11.9. The summed E-state index contributed by atoms with van der Waals surface area (Å²) in [5, 5.41) is 2.11. The Hall–Kier alpha value is -4.83. The molecule has 2 aliphatic rings. The van der Waals surface area contributed by atoms with E-state index in [0.29, 0.717) is 25.7 Å². The van der Waals surface area contributed by atoms with Crippen molar-refractivity contribution in [3.63, 3.8) is 0 Å². The van der Waals surface area contributed by atoms with E-state index in [2.05, 4.69) is 62.9 Å². The van der Waals surface area contributed by atoms with Crippen molar-refractivity contribution in [3.8, 4) is 11.5 Å². The first-order valence-corrected chi connectivity index (χ1v) is 18.6. The largest absolute Gasteiger partial charge is 0.488 e. The Labute approximate surface area is 303 Å². The van der Waals surface area contributed by atoms with Gasteiger partial charge in [-0.2, -0.15) is 0 Å². The van der Waals surface area contributed by atoms with Crippen LogP contribution in [0.1, 0.15) is 74.6 Å². The molecule has 4 heteroatoms. The number of ether oxygens (including phenoxy) is 3. The van der Waals surface area contributed by atoms with E-state index in [4.69, 9.17) is 14.2 Å². The number of rotatable bonds is 12. The highest BCUT2D eigenvalue weighted by atomic mass is 16.5. The van der Waals surface area contributed by atoms with Crippen LogP contribution in [0.15, 0.2) is 133 Å². The monoisotopic (exact) mass is 678 g/mol. The predicted molar refractivity (Wildman–Crippen MR) is 205 cm³/mol. The number of aryl methyl sites for hydroxylation is 1. The molecule has 5 aromatic rings. The Morgan fingerprint density at radius 1 is 0.686 bits per heavy atom. The lowest BCUT2D eigenvalue weighted by Gasteiger charge is -2.57. The van der Waals surface area contributed by atoms with Crippen LogP contribution in [-0.4, -0.2) is 5.97 Å². The first-order chi connectivity index (χ1) is 24.8. The predicted octanol–water partition coefficient (Wildman–Crippen LogP) is 11.5. The first-order valence-electron chi connectivity index (χ1n) is 18.6. The van der Waals surface area contributed by atoms with Crippen molar-refractivity contribution in [1.82, 2.24) is 0 Å². The van der Waals surface area contributed by atoms with Crippen LogP contribution in [0.25, 0.3) is 10.8 Å². The highest BCUT2D eigenvalue weighted by molar-refractivity contribution is 5.93. The van der Waals surface area contributed by atoms with Crippen LogP contribution >= 0.6 is 0 Å². The van der Waals surface area contributed by atoms with Crippen molar-refractivity contribution in [1.29, 1.82) is 0 Å². The van der Waals surface area contributed by atoms with Crippen molar-refractivity contribution in [2.75, 3.05) is 0 Å². The minimum atomic E-state index is -0.495. The summed E-state index contributed by atoms with van der Waals surface area (Å²) in [6, 6.07) is 41.4. The van der Waals surface area contributed by atoms with Gasteiger partial charge in [-0.05, 0) is 103 Å². The minimum Gasteiger partial charge on any atom is -0.488 e. The van der Waals surface area contributed by atoms with Crippen molar-refractivity contribution in [3.05, 3.63) is 156 Å². The molecule has 0 aliphatic heterocycles. The van der Waals surface area contributed by atoms with E-state index in [-0.39, 0.29) is 17.3 Å². The molecule has 0 bridgehead atoms. The molecule has 0 radical (unpaired) electrons. The molecule has 7 rings (SSSR count). The third-order valence-electron chi connectivity index (χ3n) is 11.9. The van der Waals surface area contributed by atoms with Crippen molar-refractivity contribution in [2.24, 2.45) is 22.7 Å².